The quantitative estimate of drug-likeness (QED) is 0.120. The zero-order valence-corrected chi connectivity index (χ0v) is 19.1. The molecule has 1 atom stereocenters. The number of phosphoric ester groups is 1. The summed E-state index contributed by atoms with van der Waals surface area (Å²) >= 11 is 0. The molecule has 0 saturated carbocycles. The van der Waals surface area contributed by atoms with Gasteiger partial charge in [0.1, 0.15) is 0 Å². The van der Waals surface area contributed by atoms with Crippen LogP contribution in [0.4, 0.5) is 0 Å². The summed E-state index contributed by atoms with van der Waals surface area (Å²) in [5.41, 5.74) is 0. The first-order chi connectivity index (χ1) is 12.7. The molecule has 3 N–H and O–H groups in total. The molecule has 0 heterocycles. The van der Waals surface area contributed by atoms with Crippen LogP contribution in [0.1, 0.15) is 104 Å². The summed E-state index contributed by atoms with van der Waals surface area (Å²) in [6.45, 7) is 4.94. The maximum atomic E-state index is 12.0. The van der Waals surface area contributed by atoms with Crippen molar-refractivity contribution in [1.82, 2.24) is 6.15 Å². The second kappa shape index (κ2) is 22.3. The van der Waals surface area contributed by atoms with Crippen molar-refractivity contribution in [3.8, 4) is 0 Å². The fourth-order valence-corrected chi connectivity index (χ4v) is 3.64. The van der Waals surface area contributed by atoms with Crippen LogP contribution >= 0.6 is 7.82 Å². The Hall–Kier alpha value is 0.0300. The fourth-order valence-electron chi connectivity index (χ4n) is 2.80. The molecule has 0 radical (unpaired) electrons. The van der Waals surface area contributed by atoms with E-state index >= 15 is 0 Å². The molecule has 0 aromatic rings. The maximum absolute atomic E-state index is 12.0. The summed E-state index contributed by atoms with van der Waals surface area (Å²) in [7, 11) is -2.11. The Morgan fingerprint density at radius 2 is 1.11 bits per heavy atom. The van der Waals surface area contributed by atoms with Gasteiger partial charge in [-0.25, -0.2) is 4.57 Å². The smallest absolute Gasteiger partial charge is 0.355 e. The number of unbranched alkanes of at least 4 members (excludes halogenated alkanes) is 13. The third kappa shape index (κ3) is 20.6. The molecule has 0 aliphatic rings. The molecule has 0 saturated heterocycles. The van der Waals surface area contributed by atoms with Gasteiger partial charge in [-0.05, 0) is 13.3 Å². The molecular formula is C20H46NO5P. The van der Waals surface area contributed by atoms with Crippen molar-refractivity contribution in [3.63, 3.8) is 0 Å². The number of rotatable bonds is 21. The second-order valence-electron chi connectivity index (χ2n) is 6.80. The first-order valence-electron chi connectivity index (χ1n) is 10.7. The van der Waals surface area contributed by atoms with Crippen LogP contribution in [0.5, 0.6) is 0 Å². The molecule has 0 aliphatic carbocycles. The van der Waals surface area contributed by atoms with E-state index in [0.717, 1.165) is 12.8 Å². The fraction of sp³-hybridized carbons (Fsp3) is 1.00. The molecule has 6 nitrogen and oxygen atoms in total. The minimum atomic E-state index is -3.44. The molecule has 0 amide bonds. The van der Waals surface area contributed by atoms with E-state index in [1.807, 2.05) is 6.92 Å². The van der Waals surface area contributed by atoms with E-state index in [-0.39, 0.29) is 12.9 Å². The molecule has 7 heteroatoms. The van der Waals surface area contributed by atoms with Crippen LogP contribution in [0.15, 0.2) is 0 Å². The first-order valence-corrected chi connectivity index (χ1v) is 12.2. The highest BCUT2D eigenvalue weighted by molar-refractivity contribution is 7.48. The highest BCUT2D eigenvalue weighted by Gasteiger charge is 2.24. The van der Waals surface area contributed by atoms with Crippen LogP contribution in [-0.4, -0.2) is 27.1 Å². The van der Waals surface area contributed by atoms with E-state index in [1.165, 1.54) is 84.2 Å². The molecule has 0 rings (SSSR count). The Balaban J connectivity index is 0. The average molecular weight is 412 g/mol. The Kier molecular flexibility index (Phi) is 24.2. The van der Waals surface area contributed by atoms with Gasteiger partial charge in [-0.15, -0.1) is 0 Å². The van der Waals surface area contributed by atoms with E-state index in [4.69, 9.17) is 18.3 Å². The third-order valence-electron chi connectivity index (χ3n) is 4.47. The van der Waals surface area contributed by atoms with Crippen LogP contribution in [0, 0.1) is 0 Å². The van der Waals surface area contributed by atoms with E-state index < -0.39 is 7.82 Å². The highest BCUT2D eigenvalue weighted by atomic mass is 31.2. The van der Waals surface area contributed by atoms with Gasteiger partial charge < -0.3 is 10.9 Å². The second-order valence-corrected chi connectivity index (χ2v) is 8.57. The summed E-state index contributed by atoms with van der Waals surface area (Å²) in [5.74, 6) is 0. The van der Waals surface area contributed by atoms with Crippen molar-refractivity contribution in [3.05, 3.63) is 0 Å². The third-order valence-corrected chi connectivity index (χ3v) is 5.84. The van der Waals surface area contributed by atoms with Crippen molar-refractivity contribution in [2.24, 2.45) is 0 Å². The SMILES string of the molecule is CCCCCCCCCCCCCCCCOP(=O)(OC)OCOCC.N. The Morgan fingerprint density at radius 1 is 0.667 bits per heavy atom. The lowest BCUT2D eigenvalue weighted by Crippen LogP contribution is -2.03. The zero-order chi connectivity index (χ0) is 19.3. The largest absolute Gasteiger partial charge is 0.476 e. The van der Waals surface area contributed by atoms with Gasteiger partial charge in [0, 0.05) is 13.7 Å². The monoisotopic (exact) mass is 411 g/mol. The Morgan fingerprint density at radius 3 is 1.52 bits per heavy atom. The molecule has 0 spiro atoms. The minimum absolute atomic E-state index is 0. The predicted molar refractivity (Wildman–Crippen MR) is 113 cm³/mol. The Labute approximate surface area is 168 Å². The zero-order valence-electron chi connectivity index (χ0n) is 18.2. The molecule has 0 fully saturated rings. The number of ether oxygens (including phenoxy) is 1. The lowest BCUT2D eigenvalue weighted by molar-refractivity contribution is -0.00621. The minimum Gasteiger partial charge on any atom is -0.355 e. The summed E-state index contributed by atoms with van der Waals surface area (Å²) in [6, 6.07) is 0. The first kappa shape index (κ1) is 29.2. The Bertz CT molecular complexity index is 331. The topological polar surface area (TPSA) is 89.0 Å². The van der Waals surface area contributed by atoms with Crippen molar-refractivity contribution < 1.29 is 22.9 Å². The molecule has 0 aromatic heterocycles. The number of hydrogen-bond acceptors (Lipinski definition) is 6. The van der Waals surface area contributed by atoms with E-state index in [1.54, 1.807) is 0 Å². The van der Waals surface area contributed by atoms with Gasteiger partial charge in [0.2, 0.25) is 0 Å². The summed E-state index contributed by atoms with van der Waals surface area (Å²) in [5, 5.41) is 0. The van der Waals surface area contributed by atoms with Gasteiger partial charge >= 0.3 is 7.82 Å². The average Bonchev–Trinajstić information content (AvgIpc) is 2.65. The molecular weight excluding hydrogens is 365 g/mol. The van der Waals surface area contributed by atoms with Gasteiger partial charge in [-0.1, -0.05) is 90.4 Å². The number of hydrogen-bond donors (Lipinski definition) is 1. The van der Waals surface area contributed by atoms with Gasteiger partial charge in [-0.3, -0.25) is 13.6 Å². The lowest BCUT2D eigenvalue weighted by atomic mass is 10.0. The highest BCUT2D eigenvalue weighted by Crippen LogP contribution is 2.48. The van der Waals surface area contributed by atoms with E-state index in [0.29, 0.717) is 13.2 Å². The molecule has 27 heavy (non-hydrogen) atoms. The van der Waals surface area contributed by atoms with Crippen LogP contribution in [0.3, 0.4) is 0 Å². The summed E-state index contributed by atoms with van der Waals surface area (Å²) < 4.78 is 32.2. The summed E-state index contributed by atoms with van der Waals surface area (Å²) in [6.07, 6.45) is 18.3. The standard InChI is InChI=1S/C20H43O5P.H3N/c1-4-6-7-8-9-10-11-12-13-14-15-16-17-18-19-24-26(21,22-3)25-20-23-5-2;/h4-20H2,1-3H3;1H3. The van der Waals surface area contributed by atoms with Crippen molar-refractivity contribution >= 4 is 7.82 Å². The maximum Gasteiger partial charge on any atom is 0.476 e. The lowest BCUT2D eigenvalue weighted by Gasteiger charge is -2.15. The normalized spacial score (nSPS) is 13.3. The van der Waals surface area contributed by atoms with Crippen LogP contribution < -0.4 is 6.15 Å². The molecule has 166 valence electrons. The van der Waals surface area contributed by atoms with Crippen LogP contribution in [0.2, 0.25) is 0 Å². The number of phosphoric acid groups is 1. The van der Waals surface area contributed by atoms with Gasteiger partial charge in [-0.2, -0.15) is 0 Å². The van der Waals surface area contributed by atoms with Crippen LogP contribution in [0.25, 0.3) is 0 Å². The van der Waals surface area contributed by atoms with E-state index in [2.05, 4.69) is 6.92 Å². The van der Waals surface area contributed by atoms with Gasteiger partial charge in [0.15, 0.2) is 6.79 Å². The molecule has 0 aliphatic heterocycles. The predicted octanol–water partition coefficient (Wildman–Crippen LogP) is 7.41. The van der Waals surface area contributed by atoms with Gasteiger partial charge in [0.05, 0.1) is 6.61 Å². The molecule has 1 unspecified atom stereocenters. The summed E-state index contributed by atoms with van der Waals surface area (Å²) in [4.78, 5) is 0. The van der Waals surface area contributed by atoms with Gasteiger partial charge in [0.25, 0.3) is 0 Å². The van der Waals surface area contributed by atoms with Crippen molar-refractivity contribution in [2.75, 3.05) is 27.1 Å². The van der Waals surface area contributed by atoms with Crippen molar-refractivity contribution in [2.45, 2.75) is 104 Å². The van der Waals surface area contributed by atoms with E-state index in [9.17, 15) is 4.57 Å². The van der Waals surface area contributed by atoms with Crippen molar-refractivity contribution in [1.29, 1.82) is 0 Å². The van der Waals surface area contributed by atoms with Crippen LogP contribution in [-0.2, 0) is 22.9 Å². The molecule has 0 bridgehead atoms. The molecule has 0 aromatic carbocycles.